The SMILES string of the molecule is CNC(C1=CCCCO1)C(OC)C1CC1. The summed E-state index contributed by atoms with van der Waals surface area (Å²) < 4.78 is 11.3. The molecule has 0 radical (unpaired) electrons. The molecule has 1 heterocycles. The third kappa shape index (κ3) is 2.52. The smallest absolute Gasteiger partial charge is 0.112 e. The Morgan fingerprint density at radius 2 is 2.33 bits per heavy atom. The second-order valence-corrected chi connectivity index (χ2v) is 4.40. The zero-order chi connectivity index (χ0) is 10.7. The molecule has 0 spiro atoms. The lowest BCUT2D eigenvalue weighted by Gasteiger charge is -2.29. The van der Waals surface area contributed by atoms with Gasteiger partial charge in [0.25, 0.3) is 0 Å². The van der Waals surface area contributed by atoms with Crippen LogP contribution in [-0.2, 0) is 9.47 Å². The molecule has 2 rings (SSSR count). The van der Waals surface area contributed by atoms with Crippen LogP contribution in [0.2, 0.25) is 0 Å². The lowest BCUT2D eigenvalue weighted by atomic mass is 10.0. The quantitative estimate of drug-likeness (QED) is 0.750. The van der Waals surface area contributed by atoms with Gasteiger partial charge in [-0.25, -0.2) is 0 Å². The van der Waals surface area contributed by atoms with Crippen LogP contribution in [0.15, 0.2) is 11.8 Å². The van der Waals surface area contributed by atoms with Gasteiger partial charge in [-0.2, -0.15) is 0 Å². The second-order valence-electron chi connectivity index (χ2n) is 4.40. The number of hydrogen-bond acceptors (Lipinski definition) is 3. The summed E-state index contributed by atoms with van der Waals surface area (Å²) in [7, 11) is 3.79. The third-order valence-electron chi connectivity index (χ3n) is 3.27. The lowest BCUT2D eigenvalue weighted by Crippen LogP contribution is -2.43. The molecule has 0 saturated heterocycles. The van der Waals surface area contributed by atoms with Crippen molar-refractivity contribution < 1.29 is 9.47 Å². The second kappa shape index (κ2) is 4.99. The van der Waals surface area contributed by atoms with Crippen molar-refractivity contribution in [2.75, 3.05) is 20.8 Å². The fourth-order valence-electron chi connectivity index (χ4n) is 2.29. The molecule has 0 amide bonds. The molecule has 3 heteroatoms. The molecule has 0 bridgehead atoms. The van der Waals surface area contributed by atoms with Crippen LogP contribution in [0.3, 0.4) is 0 Å². The van der Waals surface area contributed by atoms with Crippen molar-refractivity contribution in [2.24, 2.45) is 5.92 Å². The number of methoxy groups -OCH3 is 1. The predicted octanol–water partition coefficient (Wildman–Crippen LogP) is 1.69. The van der Waals surface area contributed by atoms with Crippen LogP contribution in [-0.4, -0.2) is 32.9 Å². The first-order valence-corrected chi connectivity index (χ1v) is 5.89. The van der Waals surface area contributed by atoms with Gasteiger partial charge in [0.2, 0.25) is 0 Å². The van der Waals surface area contributed by atoms with E-state index in [4.69, 9.17) is 9.47 Å². The average molecular weight is 211 g/mol. The van der Waals surface area contributed by atoms with E-state index in [1.54, 1.807) is 7.11 Å². The van der Waals surface area contributed by atoms with E-state index in [-0.39, 0.29) is 12.1 Å². The van der Waals surface area contributed by atoms with Crippen molar-refractivity contribution in [3.8, 4) is 0 Å². The van der Waals surface area contributed by atoms with Gasteiger partial charge in [-0.1, -0.05) is 0 Å². The Hall–Kier alpha value is -0.540. The molecule has 1 N–H and O–H groups in total. The molecular formula is C12H21NO2. The minimum absolute atomic E-state index is 0.239. The fourth-order valence-corrected chi connectivity index (χ4v) is 2.29. The van der Waals surface area contributed by atoms with Crippen LogP contribution in [0.25, 0.3) is 0 Å². The van der Waals surface area contributed by atoms with E-state index in [9.17, 15) is 0 Å². The molecule has 1 aliphatic carbocycles. The molecule has 0 aromatic heterocycles. The minimum atomic E-state index is 0.239. The molecular weight excluding hydrogens is 190 g/mol. The van der Waals surface area contributed by atoms with Crippen molar-refractivity contribution in [1.29, 1.82) is 0 Å². The standard InChI is InChI=1S/C12H21NO2/c1-13-11(10-5-3-4-8-15-10)12(14-2)9-6-7-9/h5,9,11-13H,3-4,6-8H2,1-2H3. The van der Waals surface area contributed by atoms with Crippen LogP contribution in [0.5, 0.6) is 0 Å². The molecule has 15 heavy (non-hydrogen) atoms. The van der Waals surface area contributed by atoms with Crippen molar-refractivity contribution in [1.82, 2.24) is 5.32 Å². The Morgan fingerprint density at radius 3 is 2.80 bits per heavy atom. The molecule has 1 saturated carbocycles. The first-order valence-electron chi connectivity index (χ1n) is 5.89. The maximum absolute atomic E-state index is 5.71. The number of hydrogen-bond donors (Lipinski definition) is 1. The van der Waals surface area contributed by atoms with E-state index in [1.807, 2.05) is 7.05 Å². The first-order chi connectivity index (χ1) is 7.36. The maximum Gasteiger partial charge on any atom is 0.112 e. The van der Waals surface area contributed by atoms with E-state index in [0.29, 0.717) is 0 Å². The number of likely N-dealkylation sites (N-methyl/N-ethyl adjacent to an activating group) is 1. The Labute approximate surface area is 91.8 Å². The summed E-state index contributed by atoms with van der Waals surface area (Å²) in [6, 6.07) is 0.239. The maximum atomic E-state index is 5.71. The van der Waals surface area contributed by atoms with Gasteiger partial charge in [-0.05, 0) is 44.7 Å². The van der Waals surface area contributed by atoms with Crippen LogP contribution >= 0.6 is 0 Å². The van der Waals surface area contributed by atoms with Gasteiger partial charge in [-0.15, -0.1) is 0 Å². The molecule has 0 aromatic rings. The molecule has 86 valence electrons. The van der Waals surface area contributed by atoms with Crippen molar-refractivity contribution in [2.45, 2.75) is 37.8 Å². The van der Waals surface area contributed by atoms with Crippen molar-refractivity contribution in [3.05, 3.63) is 11.8 Å². The fraction of sp³-hybridized carbons (Fsp3) is 0.833. The Kier molecular flexibility index (Phi) is 3.65. The van der Waals surface area contributed by atoms with Crippen molar-refractivity contribution in [3.63, 3.8) is 0 Å². The van der Waals surface area contributed by atoms with Crippen LogP contribution in [0, 0.1) is 5.92 Å². The lowest BCUT2D eigenvalue weighted by molar-refractivity contribution is 0.0382. The van der Waals surface area contributed by atoms with Gasteiger partial charge in [0, 0.05) is 7.11 Å². The van der Waals surface area contributed by atoms with Gasteiger partial charge >= 0.3 is 0 Å². The molecule has 2 aliphatic rings. The summed E-state index contributed by atoms with van der Waals surface area (Å²) in [4.78, 5) is 0. The predicted molar refractivity (Wildman–Crippen MR) is 59.6 cm³/mol. The molecule has 1 aliphatic heterocycles. The summed E-state index contributed by atoms with van der Waals surface area (Å²) in [6.45, 7) is 0.852. The zero-order valence-electron chi connectivity index (χ0n) is 9.66. The molecule has 3 nitrogen and oxygen atoms in total. The molecule has 1 fully saturated rings. The van der Waals surface area contributed by atoms with Crippen molar-refractivity contribution >= 4 is 0 Å². The van der Waals surface area contributed by atoms with Gasteiger partial charge < -0.3 is 14.8 Å². The highest BCUT2D eigenvalue weighted by atomic mass is 16.5. The highest BCUT2D eigenvalue weighted by Crippen LogP contribution is 2.37. The van der Waals surface area contributed by atoms with Crippen LogP contribution < -0.4 is 5.32 Å². The molecule has 2 atom stereocenters. The number of nitrogens with one attached hydrogen (secondary N) is 1. The van der Waals surface area contributed by atoms with Crippen LogP contribution in [0.4, 0.5) is 0 Å². The average Bonchev–Trinajstić information content (AvgIpc) is 3.11. The Bertz CT molecular complexity index is 236. The van der Waals surface area contributed by atoms with Gasteiger partial charge in [0.05, 0.1) is 18.8 Å². The third-order valence-corrected chi connectivity index (χ3v) is 3.27. The summed E-state index contributed by atoms with van der Waals surface area (Å²) in [5.74, 6) is 1.81. The first kappa shape index (κ1) is 11.0. The monoisotopic (exact) mass is 211 g/mol. The number of rotatable bonds is 5. The van der Waals surface area contributed by atoms with Gasteiger partial charge in [-0.3, -0.25) is 0 Å². The molecule has 2 unspecified atom stereocenters. The van der Waals surface area contributed by atoms with E-state index < -0.39 is 0 Å². The summed E-state index contributed by atoms with van der Waals surface area (Å²) in [5.41, 5.74) is 0. The summed E-state index contributed by atoms with van der Waals surface area (Å²) >= 11 is 0. The van der Waals surface area contributed by atoms with E-state index in [1.165, 1.54) is 12.8 Å². The van der Waals surface area contributed by atoms with E-state index in [2.05, 4.69) is 11.4 Å². The van der Waals surface area contributed by atoms with E-state index >= 15 is 0 Å². The number of allylic oxidation sites excluding steroid dienone is 1. The Morgan fingerprint density at radius 1 is 1.53 bits per heavy atom. The van der Waals surface area contributed by atoms with Gasteiger partial charge in [0.15, 0.2) is 0 Å². The zero-order valence-corrected chi connectivity index (χ0v) is 9.66. The summed E-state index contributed by atoms with van der Waals surface area (Å²) in [6.07, 6.45) is 7.35. The number of ether oxygens (including phenoxy) is 2. The van der Waals surface area contributed by atoms with E-state index in [0.717, 1.165) is 31.1 Å². The van der Waals surface area contributed by atoms with Crippen LogP contribution in [0.1, 0.15) is 25.7 Å². The topological polar surface area (TPSA) is 30.5 Å². The largest absolute Gasteiger partial charge is 0.496 e. The molecule has 0 aromatic carbocycles. The Balaban J connectivity index is 2.03. The highest BCUT2D eigenvalue weighted by molar-refractivity contribution is 5.10. The highest BCUT2D eigenvalue weighted by Gasteiger charge is 2.38. The minimum Gasteiger partial charge on any atom is -0.496 e. The normalized spacial score (nSPS) is 25.3. The van der Waals surface area contributed by atoms with Gasteiger partial charge in [0.1, 0.15) is 5.76 Å². The summed E-state index contributed by atoms with van der Waals surface area (Å²) in [5, 5.41) is 3.33.